The summed E-state index contributed by atoms with van der Waals surface area (Å²) in [7, 11) is 0. The van der Waals surface area contributed by atoms with Crippen molar-refractivity contribution in [2.24, 2.45) is 5.73 Å². The Morgan fingerprint density at radius 3 is 2.63 bits per heavy atom. The summed E-state index contributed by atoms with van der Waals surface area (Å²) >= 11 is 0. The Balaban J connectivity index is 2.38. The molecule has 1 atom stereocenters. The maximum Gasteiger partial charge on any atom is 0.326 e. The normalized spacial score (nSPS) is 11.8. The lowest BCUT2D eigenvalue weighted by molar-refractivity contribution is -0.142. The van der Waals surface area contributed by atoms with Gasteiger partial charge in [0.05, 0.1) is 0 Å². The first-order chi connectivity index (χ1) is 8.99. The number of carbonyl (C=O) groups excluding carboxylic acids is 2. The van der Waals surface area contributed by atoms with Crippen LogP contribution in [0.4, 0.5) is 0 Å². The molecule has 0 saturated heterocycles. The fraction of sp³-hybridized carbons (Fsp3) is 0.455. The zero-order chi connectivity index (χ0) is 14.3. The molecule has 8 nitrogen and oxygen atoms in total. The molecule has 0 aromatic carbocycles. The smallest absolute Gasteiger partial charge is 0.326 e. The van der Waals surface area contributed by atoms with Crippen LogP contribution in [-0.4, -0.2) is 38.7 Å². The Morgan fingerprint density at radius 2 is 2.11 bits per heavy atom. The molecule has 1 unspecified atom stereocenters. The number of nitrogens with one attached hydrogen (secondary N) is 1. The number of nitrogens with two attached hydrogens (primary N) is 1. The van der Waals surface area contributed by atoms with Crippen molar-refractivity contribution in [3.05, 3.63) is 18.5 Å². The van der Waals surface area contributed by atoms with Crippen LogP contribution in [0.25, 0.3) is 0 Å². The number of aromatic nitrogens is 2. The molecule has 4 N–H and O–H groups in total. The van der Waals surface area contributed by atoms with Gasteiger partial charge in [-0.15, -0.1) is 0 Å². The quantitative estimate of drug-likeness (QED) is 0.563. The largest absolute Gasteiger partial charge is 0.480 e. The molecule has 8 heteroatoms. The fourth-order valence-electron chi connectivity index (χ4n) is 1.46. The van der Waals surface area contributed by atoms with Gasteiger partial charge < -0.3 is 16.2 Å². The van der Waals surface area contributed by atoms with E-state index in [9.17, 15) is 14.4 Å². The molecule has 2 amide bonds. The summed E-state index contributed by atoms with van der Waals surface area (Å²) in [5.74, 6) is -2.20. The predicted octanol–water partition coefficient (Wildman–Crippen LogP) is -0.892. The van der Waals surface area contributed by atoms with Crippen LogP contribution < -0.4 is 11.1 Å². The van der Waals surface area contributed by atoms with Crippen molar-refractivity contribution < 1.29 is 19.5 Å². The van der Waals surface area contributed by atoms with Crippen molar-refractivity contribution in [1.82, 2.24) is 15.1 Å². The highest BCUT2D eigenvalue weighted by atomic mass is 16.4. The lowest BCUT2D eigenvalue weighted by Gasteiger charge is -2.13. The zero-order valence-electron chi connectivity index (χ0n) is 10.3. The predicted molar refractivity (Wildman–Crippen MR) is 64.8 cm³/mol. The van der Waals surface area contributed by atoms with Crippen LogP contribution in [0, 0.1) is 0 Å². The average Bonchev–Trinajstić information content (AvgIpc) is 2.84. The number of amides is 2. The number of hydrogen-bond acceptors (Lipinski definition) is 4. The van der Waals surface area contributed by atoms with Gasteiger partial charge in [-0.05, 0) is 12.5 Å². The fourth-order valence-corrected chi connectivity index (χ4v) is 1.46. The summed E-state index contributed by atoms with van der Waals surface area (Å²) in [6, 6.07) is 0.628. The van der Waals surface area contributed by atoms with E-state index in [1.54, 1.807) is 23.1 Å². The molecule has 19 heavy (non-hydrogen) atoms. The minimum absolute atomic E-state index is 0.0157. The Morgan fingerprint density at radius 1 is 1.37 bits per heavy atom. The first kappa shape index (κ1) is 14.7. The number of primary amides is 1. The van der Waals surface area contributed by atoms with E-state index in [2.05, 4.69) is 10.4 Å². The molecule has 104 valence electrons. The Labute approximate surface area is 109 Å². The van der Waals surface area contributed by atoms with Gasteiger partial charge in [0.15, 0.2) is 0 Å². The summed E-state index contributed by atoms with van der Waals surface area (Å²) in [5.41, 5.74) is 4.94. The third-order valence-electron chi connectivity index (χ3n) is 2.44. The maximum atomic E-state index is 11.6. The van der Waals surface area contributed by atoms with Crippen LogP contribution >= 0.6 is 0 Å². The van der Waals surface area contributed by atoms with E-state index in [1.807, 2.05) is 0 Å². The molecule has 1 rings (SSSR count). The lowest BCUT2D eigenvalue weighted by Crippen LogP contribution is -2.41. The van der Waals surface area contributed by atoms with E-state index < -0.39 is 23.8 Å². The lowest BCUT2D eigenvalue weighted by atomic mass is 10.1. The van der Waals surface area contributed by atoms with Crippen molar-refractivity contribution >= 4 is 17.8 Å². The van der Waals surface area contributed by atoms with Crippen LogP contribution in [0.5, 0.6) is 0 Å². The van der Waals surface area contributed by atoms with Gasteiger partial charge in [-0.2, -0.15) is 5.10 Å². The van der Waals surface area contributed by atoms with Gasteiger partial charge in [0.25, 0.3) is 0 Å². The van der Waals surface area contributed by atoms with Crippen molar-refractivity contribution in [3.8, 4) is 0 Å². The van der Waals surface area contributed by atoms with Gasteiger partial charge >= 0.3 is 5.97 Å². The van der Waals surface area contributed by atoms with Gasteiger partial charge in [0.2, 0.25) is 11.8 Å². The molecule has 1 aromatic heterocycles. The summed E-state index contributed by atoms with van der Waals surface area (Å²) in [6.45, 7) is 0.362. The first-order valence-corrected chi connectivity index (χ1v) is 5.77. The molecule has 0 bridgehead atoms. The van der Waals surface area contributed by atoms with Crippen LogP contribution in [0.3, 0.4) is 0 Å². The van der Waals surface area contributed by atoms with E-state index in [0.29, 0.717) is 6.54 Å². The van der Waals surface area contributed by atoms with Crippen LogP contribution in [0.2, 0.25) is 0 Å². The SMILES string of the molecule is NC(=O)CCC(NC(=O)CCn1cccn1)C(=O)O. The zero-order valence-corrected chi connectivity index (χ0v) is 10.3. The average molecular weight is 268 g/mol. The first-order valence-electron chi connectivity index (χ1n) is 5.77. The highest BCUT2D eigenvalue weighted by Crippen LogP contribution is 1.99. The molecule has 0 fully saturated rings. The van der Waals surface area contributed by atoms with Crippen molar-refractivity contribution in [2.75, 3.05) is 0 Å². The van der Waals surface area contributed by atoms with Gasteiger partial charge in [-0.1, -0.05) is 0 Å². The molecule has 1 heterocycles. The molecule has 0 radical (unpaired) electrons. The molecule has 0 aliphatic heterocycles. The molecular formula is C11H16N4O4. The molecule has 0 spiro atoms. The van der Waals surface area contributed by atoms with Gasteiger partial charge in [0.1, 0.15) is 6.04 Å². The van der Waals surface area contributed by atoms with E-state index in [1.165, 1.54) is 0 Å². The number of carboxylic acids is 1. The molecule has 0 aliphatic carbocycles. The molecule has 0 saturated carbocycles. The van der Waals surface area contributed by atoms with Gasteiger partial charge in [-0.3, -0.25) is 14.3 Å². The third-order valence-corrected chi connectivity index (χ3v) is 2.44. The van der Waals surface area contributed by atoms with Crippen LogP contribution in [0.15, 0.2) is 18.5 Å². The highest BCUT2D eigenvalue weighted by molar-refractivity contribution is 5.84. The monoisotopic (exact) mass is 268 g/mol. The minimum Gasteiger partial charge on any atom is -0.480 e. The van der Waals surface area contributed by atoms with Crippen LogP contribution in [-0.2, 0) is 20.9 Å². The Bertz CT molecular complexity index is 444. The minimum atomic E-state index is -1.19. The Kier molecular flexibility index (Phi) is 5.52. The Hall–Kier alpha value is -2.38. The van der Waals surface area contributed by atoms with Crippen LogP contribution in [0.1, 0.15) is 19.3 Å². The van der Waals surface area contributed by atoms with Crippen molar-refractivity contribution in [1.29, 1.82) is 0 Å². The second-order valence-electron chi connectivity index (χ2n) is 3.98. The van der Waals surface area contributed by atoms with E-state index in [0.717, 1.165) is 0 Å². The van der Waals surface area contributed by atoms with Gasteiger partial charge in [0, 0.05) is 31.8 Å². The molecular weight excluding hydrogens is 252 g/mol. The van der Waals surface area contributed by atoms with Gasteiger partial charge in [-0.25, -0.2) is 4.79 Å². The van der Waals surface area contributed by atoms with E-state index in [4.69, 9.17) is 10.8 Å². The summed E-state index contributed by atoms with van der Waals surface area (Å²) in [4.78, 5) is 33.1. The maximum absolute atomic E-state index is 11.6. The molecule has 1 aromatic rings. The number of aryl methyl sites for hydroxylation is 1. The number of nitrogens with zero attached hydrogens (tertiary/aromatic N) is 2. The number of aliphatic carboxylic acids is 1. The molecule has 0 aliphatic rings. The summed E-state index contributed by atoms with van der Waals surface area (Å²) in [6.07, 6.45) is 3.30. The van der Waals surface area contributed by atoms with Crippen molar-refractivity contribution in [2.45, 2.75) is 31.8 Å². The third kappa shape index (κ3) is 5.66. The summed E-state index contributed by atoms with van der Waals surface area (Å²) < 4.78 is 1.57. The van der Waals surface area contributed by atoms with E-state index >= 15 is 0 Å². The van der Waals surface area contributed by atoms with E-state index in [-0.39, 0.29) is 19.3 Å². The number of carboxylic acid groups (broad SMARTS) is 1. The topological polar surface area (TPSA) is 127 Å². The number of hydrogen-bond donors (Lipinski definition) is 3. The van der Waals surface area contributed by atoms with Crippen molar-refractivity contribution in [3.63, 3.8) is 0 Å². The summed E-state index contributed by atoms with van der Waals surface area (Å²) in [5, 5.41) is 15.2. The standard InChI is InChI=1S/C11H16N4O4/c12-9(16)3-2-8(11(18)19)14-10(17)4-7-15-6-1-5-13-15/h1,5-6,8H,2-4,7H2,(H2,12,16)(H,14,17)(H,18,19). The second kappa shape index (κ2) is 7.14. The number of rotatable bonds is 8. The highest BCUT2D eigenvalue weighted by Gasteiger charge is 2.20. The second-order valence-corrected chi connectivity index (χ2v) is 3.98. The number of carbonyl (C=O) groups is 3.